The summed E-state index contributed by atoms with van der Waals surface area (Å²) < 4.78 is 0.202. The van der Waals surface area contributed by atoms with E-state index in [4.69, 9.17) is 12.2 Å². The van der Waals surface area contributed by atoms with Crippen LogP contribution in [0.1, 0.15) is 21.5 Å². The van der Waals surface area contributed by atoms with Crippen LogP contribution in [0.5, 0.6) is 0 Å². The average Bonchev–Trinajstić information content (AvgIpc) is 2.90. The van der Waals surface area contributed by atoms with Crippen molar-refractivity contribution >= 4 is 51.9 Å². The predicted molar refractivity (Wildman–Crippen MR) is 107 cm³/mol. The number of non-ortho nitro benzene ring substituents is 1. The second-order valence-electron chi connectivity index (χ2n) is 5.67. The van der Waals surface area contributed by atoms with Gasteiger partial charge in [-0.3, -0.25) is 25.1 Å². The van der Waals surface area contributed by atoms with Crippen molar-refractivity contribution in [2.24, 2.45) is 0 Å². The number of hydrogen-bond donors (Lipinski definition) is 1. The van der Waals surface area contributed by atoms with Crippen molar-refractivity contribution in [3.8, 4) is 0 Å². The highest BCUT2D eigenvalue weighted by atomic mass is 32.2. The van der Waals surface area contributed by atoms with Gasteiger partial charge in [-0.05, 0) is 55.0 Å². The molecule has 1 heterocycles. The molecule has 1 aliphatic rings. The van der Waals surface area contributed by atoms with Crippen LogP contribution in [-0.2, 0) is 4.79 Å². The molecule has 3 rings (SSSR count). The van der Waals surface area contributed by atoms with Gasteiger partial charge in [0.2, 0.25) is 0 Å². The van der Waals surface area contributed by atoms with E-state index >= 15 is 0 Å². The molecule has 136 valence electrons. The number of thioether (sulfide) groups is 1. The summed E-state index contributed by atoms with van der Waals surface area (Å²) >= 11 is 6.23. The van der Waals surface area contributed by atoms with Crippen LogP contribution in [0, 0.1) is 17.0 Å². The van der Waals surface area contributed by atoms with E-state index in [0.29, 0.717) is 16.0 Å². The minimum atomic E-state index is -0.496. The zero-order valence-electron chi connectivity index (χ0n) is 14.0. The quantitative estimate of drug-likeness (QED) is 0.366. The van der Waals surface area contributed by atoms with Gasteiger partial charge in [-0.2, -0.15) is 5.01 Å². The minimum absolute atomic E-state index is 0.0370. The van der Waals surface area contributed by atoms with Gasteiger partial charge in [-0.25, -0.2) is 0 Å². The number of nitrogens with one attached hydrogen (secondary N) is 1. The molecule has 0 aromatic heterocycles. The number of rotatable bonds is 4. The largest absolute Gasteiger partial charge is 0.285 e. The van der Waals surface area contributed by atoms with E-state index in [0.717, 1.165) is 22.3 Å². The van der Waals surface area contributed by atoms with Crippen LogP contribution in [0.2, 0.25) is 0 Å². The van der Waals surface area contributed by atoms with Crippen LogP contribution in [0.4, 0.5) is 5.69 Å². The van der Waals surface area contributed by atoms with Crippen molar-refractivity contribution < 1.29 is 14.5 Å². The number of amides is 2. The van der Waals surface area contributed by atoms with E-state index in [1.54, 1.807) is 30.3 Å². The Morgan fingerprint density at radius 3 is 2.41 bits per heavy atom. The average molecular weight is 399 g/mol. The van der Waals surface area contributed by atoms with E-state index in [-0.39, 0.29) is 10.0 Å². The maximum atomic E-state index is 12.5. The molecule has 0 radical (unpaired) electrons. The normalized spacial score (nSPS) is 15.3. The maximum Gasteiger partial charge on any atom is 0.285 e. The van der Waals surface area contributed by atoms with Gasteiger partial charge in [-0.15, -0.1) is 0 Å². The van der Waals surface area contributed by atoms with Crippen molar-refractivity contribution in [3.63, 3.8) is 0 Å². The summed E-state index contributed by atoms with van der Waals surface area (Å²) in [5, 5.41) is 11.7. The summed E-state index contributed by atoms with van der Waals surface area (Å²) in [6.45, 7) is 1.91. The van der Waals surface area contributed by atoms with E-state index < -0.39 is 16.7 Å². The van der Waals surface area contributed by atoms with Gasteiger partial charge >= 0.3 is 0 Å². The Hall–Kier alpha value is -3.04. The van der Waals surface area contributed by atoms with Gasteiger partial charge in [0, 0.05) is 17.7 Å². The Morgan fingerprint density at radius 1 is 1.19 bits per heavy atom. The lowest BCUT2D eigenvalue weighted by atomic mass is 10.1. The smallest absolute Gasteiger partial charge is 0.267 e. The first-order chi connectivity index (χ1) is 12.8. The number of carbonyl (C=O) groups is 2. The van der Waals surface area contributed by atoms with E-state index in [1.807, 2.05) is 6.92 Å². The van der Waals surface area contributed by atoms with Crippen LogP contribution in [0.25, 0.3) is 6.08 Å². The Morgan fingerprint density at radius 2 is 1.81 bits per heavy atom. The van der Waals surface area contributed by atoms with Crippen LogP contribution >= 0.6 is 24.0 Å². The lowest BCUT2D eigenvalue weighted by molar-refractivity contribution is -0.384. The summed E-state index contributed by atoms with van der Waals surface area (Å²) in [6.07, 6.45) is 1.57. The predicted octanol–water partition coefficient (Wildman–Crippen LogP) is 3.45. The molecule has 1 saturated heterocycles. The summed E-state index contributed by atoms with van der Waals surface area (Å²) in [4.78, 5) is 35.4. The summed E-state index contributed by atoms with van der Waals surface area (Å²) in [5.41, 5.74) is 4.51. The third kappa shape index (κ3) is 4.21. The number of thiocarbonyl (C=S) groups is 1. The Kier molecular flexibility index (Phi) is 5.33. The SMILES string of the molecule is Cc1ccc(C(=O)NN2C(=O)C(=Cc3ccc([N+](=O)[O-])cc3)SC2=S)cc1. The fourth-order valence-electron chi connectivity index (χ4n) is 2.28. The van der Waals surface area contributed by atoms with Crippen molar-refractivity contribution in [2.75, 3.05) is 0 Å². The van der Waals surface area contributed by atoms with Crippen LogP contribution in [-0.4, -0.2) is 26.1 Å². The summed E-state index contributed by atoms with van der Waals surface area (Å²) in [5.74, 6) is -0.897. The van der Waals surface area contributed by atoms with Crippen LogP contribution in [0.15, 0.2) is 53.4 Å². The van der Waals surface area contributed by atoms with Crippen LogP contribution < -0.4 is 5.43 Å². The zero-order chi connectivity index (χ0) is 19.6. The molecule has 0 unspecified atom stereocenters. The monoisotopic (exact) mass is 399 g/mol. The molecule has 2 aromatic rings. The van der Waals surface area contributed by atoms with Crippen molar-refractivity contribution in [3.05, 3.63) is 80.2 Å². The molecule has 0 aliphatic carbocycles. The summed E-state index contributed by atoms with van der Waals surface area (Å²) in [6, 6.07) is 12.7. The van der Waals surface area contributed by atoms with Gasteiger partial charge in [-0.1, -0.05) is 29.5 Å². The fraction of sp³-hybridized carbons (Fsp3) is 0.0556. The molecule has 0 spiro atoms. The molecule has 2 amide bonds. The highest BCUT2D eigenvalue weighted by molar-refractivity contribution is 8.26. The number of carbonyl (C=O) groups excluding carboxylic acids is 2. The number of hydrogen-bond acceptors (Lipinski definition) is 6. The fourth-order valence-corrected chi connectivity index (χ4v) is 3.46. The van der Waals surface area contributed by atoms with Crippen molar-refractivity contribution in [1.82, 2.24) is 10.4 Å². The van der Waals surface area contributed by atoms with Gasteiger partial charge in [0.05, 0.1) is 9.83 Å². The molecule has 1 aliphatic heterocycles. The van der Waals surface area contributed by atoms with E-state index in [9.17, 15) is 19.7 Å². The first-order valence-corrected chi connectivity index (χ1v) is 8.98. The zero-order valence-corrected chi connectivity index (χ0v) is 15.7. The Bertz CT molecular complexity index is 969. The lowest BCUT2D eigenvalue weighted by Gasteiger charge is -2.15. The number of nitrogens with zero attached hydrogens (tertiary/aromatic N) is 2. The number of nitro benzene ring substituents is 1. The van der Waals surface area contributed by atoms with Gasteiger partial charge in [0.1, 0.15) is 0 Å². The molecular formula is C18H13N3O4S2. The molecule has 1 fully saturated rings. The second kappa shape index (κ2) is 7.68. The Balaban J connectivity index is 1.75. The first kappa shape index (κ1) is 18.7. The molecule has 0 bridgehead atoms. The second-order valence-corrected chi connectivity index (χ2v) is 7.35. The van der Waals surface area contributed by atoms with Gasteiger partial charge in [0.15, 0.2) is 4.32 Å². The van der Waals surface area contributed by atoms with Gasteiger partial charge < -0.3 is 0 Å². The van der Waals surface area contributed by atoms with Crippen LogP contribution in [0.3, 0.4) is 0 Å². The molecule has 9 heteroatoms. The third-order valence-corrected chi connectivity index (χ3v) is 5.02. The molecule has 27 heavy (non-hydrogen) atoms. The van der Waals surface area contributed by atoms with E-state index in [2.05, 4.69) is 5.43 Å². The standard InChI is InChI=1S/C18H13N3O4S2/c1-11-2-6-13(7-3-11)16(22)19-20-17(23)15(27-18(20)26)10-12-4-8-14(9-5-12)21(24)25/h2-10H,1H3,(H,19,22). The lowest BCUT2D eigenvalue weighted by Crippen LogP contribution is -2.44. The van der Waals surface area contributed by atoms with Crippen molar-refractivity contribution in [1.29, 1.82) is 0 Å². The van der Waals surface area contributed by atoms with Crippen molar-refractivity contribution in [2.45, 2.75) is 6.92 Å². The first-order valence-electron chi connectivity index (χ1n) is 7.75. The molecule has 7 nitrogen and oxygen atoms in total. The number of nitro groups is 1. The van der Waals surface area contributed by atoms with Gasteiger partial charge in [0.25, 0.3) is 17.5 Å². The number of aryl methyl sites for hydroxylation is 1. The highest BCUT2D eigenvalue weighted by Gasteiger charge is 2.33. The highest BCUT2D eigenvalue weighted by Crippen LogP contribution is 2.31. The topological polar surface area (TPSA) is 92.6 Å². The Labute approximate surface area is 164 Å². The third-order valence-electron chi connectivity index (χ3n) is 3.72. The number of hydrazine groups is 1. The molecular weight excluding hydrogens is 386 g/mol. The van der Waals surface area contributed by atoms with E-state index in [1.165, 1.54) is 24.3 Å². The minimum Gasteiger partial charge on any atom is -0.267 e. The number of benzene rings is 2. The molecule has 0 saturated carbocycles. The maximum absolute atomic E-state index is 12.5. The molecule has 0 atom stereocenters. The molecule has 2 aromatic carbocycles. The summed E-state index contributed by atoms with van der Waals surface area (Å²) in [7, 11) is 0. The molecule has 1 N–H and O–H groups in total.